The Bertz CT molecular complexity index is 989. The Morgan fingerprint density at radius 1 is 1.15 bits per heavy atom. The zero-order chi connectivity index (χ0) is 19.4. The average Bonchev–Trinajstić information content (AvgIpc) is 3.01. The summed E-state index contributed by atoms with van der Waals surface area (Å²) in [6, 6.07) is 11.9. The molecular weight excluding hydrogens is 377 g/mol. The standard InChI is InChI=1S/C18H15F3N4OS/c1-2-26-15-9-5-13(6-10-15)16-23-24-17(27)25(16)22-11-12-3-7-14(8-4-12)18(19,20)21/h3-11H,2H2,1H3,(H,24,27)/b22-11-. The van der Waals surface area contributed by atoms with Gasteiger partial charge in [0.15, 0.2) is 5.82 Å². The van der Waals surface area contributed by atoms with Gasteiger partial charge in [-0.15, -0.1) is 0 Å². The monoisotopic (exact) mass is 392 g/mol. The highest BCUT2D eigenvalue weighted by atomic mass is 32.1. The van der Waals surface area contributed by atoms with Gasteiger partial charge in [-0.05, 0) is 61.1 Å². The minimum absolute atomic E-state index is 0.266. The summed E-state index contributed by atoms with van der Waals surface area (Å²) in [7, 11) is 0. The van der Waals surface area contributed by atoms with Gasteiger partial charge in [0.05, 0.1) is 18.4 Å². The normalized spacial score (nSPS) is 11.9. The summed E-state index contributed by atoms with van der Waals surface area (Å²) in [5.74, 6) is 1.21. The molecule has 0 bridgehead atoms. The van der Waals surface area contributed by atoms with Crippen LogP contribution < -0.4 is 4.74 Å². The third-order valence-electron chi connectivity index (χ3n) is 3.63. The van der Waals surface area contributed by atoms with E-state index in [1.165, 1.54) is 23.0 Å². The number of ether oxygens (including phenoxy) is 1. The fourth-order valence-electron chi connectivity index (χ4n) is 2.34. The molecule has 1 N–H and O–H groups in total. The quantitative estimate of drug-likeness (QED) is 0.496. The molecule has 0 radical (unpaired) electrons. The second-order valence-corrected chi connectivity index (χ2v) is 5.87. The lowest BCUT2D eigenvalue weighted by molar-refractivity contribution is -0.137. The molecule has 1 aromatic heterocycles. The molecule has 2 aromatic carbocycles. The van der Waals surface area contributed by atoms with Gasteiger partial charge in [-0.2, -0.15) is 28.0 Å². The topological polar surface area (TPSA) is 55.2 Å². The molecule has 0 atom stereocenters. The van der Waals surface area contributed by atoms with E-state index in [1.807, 2.05) is 19.1 Å². The summed E-state index contributed by atoms with van der Waals surface area (Å²) >= 11 is 5.18. The number of halogens is 3. The Labute approximate surface area is 158 Å². The van der Waals surface area contributed by atoms with Crippen LogP contribution in [-0.2, 0) is 6.18 Å². The fourth-order valence-corrected chi connectivity index (χ4v) is 2.51. The van der Waals surface area contributed by atoms with Crippen LogP contribution in [0.3, 0.4) is 0 Å². The second-order valence-electron chi connectivity index (χ2n) is 5.49. The van der Waals surface area contributed by atoms with Crippen molar-refractivity contribution in [2.45, 2.75) is 13.1 Å². The highest BCUT2D eigenvalue weighted by molar-refractivity contribution is 7.71. The minimum Gasteiger partial charge on any atom is -0.494 e. The molecule has 0 aliphatic rings. The second kappa shape index (κ2) is 7.75. The minimum atomic E-state index is -4.37. The number of nitrogens with zero attached hydrogens (tertiary/aromatic N) is 3. The molecule has 0 aliphatic carbocycles. The molecule has 9 heteroatoms. The average molecular weight is 392 g/mol. The largest absolute Gasteiger partial charge is 0.494 e. The van der Waals surface area contributed by atoms with Crippen molar-refractivity contribution in [1.29, 1.82) is 0 Å². The highest BCUT2D eigenvalue weighted by Gasteiger charge is 2.29. The van der Waals surface area contributed by atoms with Gasteiger partial charge in [-0.3, -0.25) is 0 Å². The highest BCUT2D eigenvalue weighted by Crippen LogP contribution is 2.29. The Hall–Kier alpha value is -2.94. The molecule has 27 heavy (non-hydrogen) atoms. The zero-order valence-electron chi connectivity index (χ0n) is 14.2. The van der Waals surface area contributed by atoms with Gasteiger partial charge < -0.3 is 4.74 Å². The van der Waals surface area contributed by atoms with Crippen LogP contribution in [0.15, 0.2) is 53.6 Å². The third-order valence-corrected chi connectivity index (χ3v) is 3.90. The molecule has 0 spiro atoms. The van der Waals surface area contributed by atoms with Crippen molar-refractivity contribution in [2.24, 2.45) is 5.10 Å². The molecule has 140 valence electrons. The van der Waals surface area contributed by atoms with Crippen molar-refractivity contribution in [2.75, 3.05) is 6.61 Å². The number of hydrogen-bond acceptors (Lipinski definition) is 4. The molecule has 0 aliphatic heterocycles. The molecule has 3 aromatic rings. The lowest BCUT2D eigenvalue weighted by Crippen LogP contribution is -2.04. The maximum atomic E-state index is 12.6. The van der Waals surface area contributed by atoms with Gasteiger partial charge in [-0.1, -0.05) is 12.1 Å². The SMILES string of the molecule is CCOc1ccc(-c2n[nH]c(=S)n2/N=C\c2ccc(C(F)(F)F)cc2)cc1. The van der Waals surface area contributed by atoms with Crippen LogP contribution >= 0.6 is 12.2 Å². The van der Waals surface area contributed by atoms with E-state index in [9.17, 15) is 13.2 Å². The van der Waals surface area contributed by atoms with Gasteiger partial charge in [0.1, 0.15) is 5.75 Å². The Balaban J connectivity index is 1.86. The number of alkyl halides is 3. The number of aromatic nitrogens is 3. The van der Waals surface area contributed by atoms with E-state index in [2.05, 4.69) is 15.3 Å². The Kier molecular flexibility index (Phi) is 5.41. The molecule has 3 rings (SSSR count). The number of rotatable bonds is 5. The molecule has 5 nitrogen and oxygen atoms in total. The maximum absolute atomic E-state index is 12.6. The third kappa shape index (κ3) is 4.43. The van der Waals surface area contributed by atoms with Crippen LogP contribution in [-0.4, -0.2) is 27.7 Å². The van der Waals surface area contributed by atoms with E-state index in [0.29, 0.717) is 18.0 Å². The molecule has 0 fully saturated rings. The molecule has 0 amide bonds. The first-order valence-corrected chi connectivity index (χ1v) is 8.41. The lowest BCUT2D eigenvalue weighted by atomic mass is 10.1. The predicted molar refractivity (Wildman–Crippen MR) is 98.5 cm³/mol. The summed E-state index contributed by atoms with van der Waals surface area (Å²) in [4.78, 5) is 0. The van der Waals surface area contributed by atoms with E-state index in [0.717, 1.165) is 23.4 Å². The smallest absolute Gasteiger partial charge is 0.416 e. The summed E-state index contributed by atoms with van der Waals surface area (Å²) in [5, 5.41) is 11.1. The first kappa shape index (κ1) is 18.8. The zero-order valence-corrected chi connectivity index (χ0v) is 15.0. The van der Waals surface area contributed by atoms with E-state index in [1.54, 1.807) is 12.1 Å². The van der Waals surface area contributed by atoms with Gasteiger partial charge in [0.25, 0.3) is 0 Å². The van der Waals surface area contributed by atoms with Crippen molar-refractivity contribution >= 4 is 18.4 Å². The molecule has 1 heterocycles. The molecular formula is C18H15F3N4OS. The number of H-pyrrole nitrogens is 1. The van der Waals surface area contributed by atoms with Crippen molar-refractivity contribution < 1.29 is 17.9 Å². The fraction of sp³-hybridized carbons (Fsp3) is 0.167. The van der Waals surface area contributed by atoms with Crippen LogP contribution in [0.4, 0.5) is 13.2 Å². The molecule has 0 saturated carbocycles. The van der Waals surface area contributed by atoms with Crippen LogP contribution in [0.1, 0.15) is 18.1 Å². The van der Waals surface area contributed by atoms with E-state index < -0.39 is 11.7 Å². The number of hydrogen-bond donors (Lipinski definition) is 1. The van der Waals surface area contributed by atoms with Crippen molar-refractivity contribution in [3.05, 3.63) is 64.4 Å². The molecule has 0 unspecified atom stereocenters. The van der Waals surface area contributed by atoms with Crippen LogP contribution in [0.2, 0.25) is 0 Å². The maximum Gasteiger partial charge on any atom is 0.416 e. The van der Waals surface area contributed by atoms with Gasteiger partial charge in [0, 0.05) is 5.56 Å². The number of benzene rings is 2. The Morgan fingerprint density at radius 3 is 2.41 bits per heavy atom. The van der Waals surface area contributed by atoms with Crippen molar-refractivity contribution in [3.8, 4) is 17.1 Å². The molecule has 0 saturated heterocycles. The summed E-state index contributed by atoms with van der Waals surface area (Å²) < 4.78 is 45.0. The lowest BCUT2D eigenvalue weighted by Gasteiger charge is -2.06. The first-order valence-electron chi connectivity index (χ1n) is 8.01. The first-order chi connectivity index (χ1) is 12.9. The van der Waals surface area contributed by atoms with Gasteiger partial charge >= 0.3 is 6.18 Å². The summed E-state index contributed by atoms with van der Waals surface area (Å²) in [6.07, 6.45) is -2.95. The Morgan fingerprint density at radius 2 is 1.81 bits per heavy atom. The van der Waals surface area contributed by atoms with E-state index in [-0.39, 0.29) is 4.77 Å². The van der Waals surface area contributed by atoms with Crippen LogP contribution in [0.5, 0.6) is 5.75 Å². The van der Waals surface area contributed by atoms with Crippen LogP contribution in [0.25, 0.3) is 11.4 Å². The van der Waals surface area contributed by atoms with Gasteiger partial charge in [-0.25, -0.2) is 5.10 Å². The van der Waals surface area contributed by atoms with Crippen LogP contribution in [0, 0.1) is 4.77 Å². The predicted octanol–water partition coefficient (Wildman–Crippen LogP) is 4.91. The summed E-state index contributed by atoms with van der Waals surface area (Å²) in [6.45, 7) is 2.46. The van der Waals surface area contributed by atoms with Crippen molar-refractivity contribution in [3.63, 3.8) is 0 Å². The number of aromatic amines is 1. The number of nitrogens with one attached hydrogen (secondary N) is 1. The van der Waals surface area contributed by atoms with Gasteiger partial charge in [0.2, 0.25) is 4.77 Å². The van der Waals surface area contributed by atoms with Crippen molar-refractivity contribution in [1.82, 2.24) is 14.9 Å². The van der Waals surface area contributed by atoms with E-state index >= 15 is 0 Å². The summed E-state index contributed by atoms with van der Waals surface area (Å²) in [5.41, 5.74) is 0.550. The van der Waals surface area contributed by atoms with E-state index in [4.69, 9.17) is 17.0 Å².